The number of hydrogen-bond donors (Lipinski definition) is 2. The van der Waals surface area contributed by atoms with Crippen LogP contribution in [-0.4, -0.2) is 45.4 Å². The van der Waals surface area contributed by atoms with Crippen molar-refractivity contribution >= 4 is 17.5 Å². The number of halogens is 1. The highest BCUT2D eigenvalue weighted by Crippen LogP contribution is 2.27. The molecule has 0 radical (unpaired) electrons. The molecule has 27 heavy (non-hydrogen) atoms. The van der Waals surface area contributed by atoms with Crippen LogP contribution >= 0.6 is 11.6 Å². The topological polar surface area (TPSA) is 59.6 Å². The van der Waals surface area contributed by atoms with Crippen molar-refractivity contribution in [1.29, 1.82) is 0 Å². The molecule has 0 spiro atoms. The van der Waals surface area contributed by atoms with Crippen LogP contribution in [0.5, 0.6) is 0 Å². The molecule has 1 saturated heterocycles. The lowest BCUT2D eigenvalue weighted by Gasteiger charge is -2.18. The minimum Gasteiger partial charge on any atom is -0.383 e. The van der Waals surface area contributed by atoms with Crippen molar-refractivity contribution in [2.24, 2.45) is 0 Å². The SMILES string of the molecule is COCCNC[C@@H]1CCO[C@@H](c2cccc(-c3ccc(Cl)cc3)c2)C(=O)N1. The number of carbonyl (C=O) groups excluding carboxylic acids is 1. The zero-order chi connectivity index (χ0) is 19.1. The van der Waals surface area contributed by atoms with E-state index in [1.54, 1.807) is 7.11 Å². The van der Waals surface area contributed by atoms with Crippen LogP contribution in [0, 0.1) is 0 Å². The highest BCUT2D eigenvalue weighted by atomic mass is 35.5. The molecule has 144 valence electrons. The van der Waals surface area contributed by atoms with Gasteiger partial charge in [-0.25, -0.2) is 0 Å². The quantitative estimate of drug-likeness (QED) is 0.715. The second-order valence-electron chi connectivity index (χ2n) is 6.57. The van der Waals surface area contributed by atoms with Crippen molar-refractivity contribution in [1.82, 2.24) is 10.6 Å². The highest BCUT2D eigenvalue weighted by Gasteiger charge is 2.27. The first-order valence-corrected chi connectivity index (χ1v) is 9.52. The summed E-state index contributed by atoms with van der Waals surface area (Å²) in [5.41, 5.74) is 2.94. The summed E-state index contributed by atoms with van der Waals surface area (Å²) in [5, 5.41) is 7.07. The summed E-state index contributed by atoms with van der Waals surface area (Å²) < 4.78 is 10.9. The molecule has 5 nitrogen and oxygen atoms in total. The second kappa shape index (κ2) is 9.85. The minimum atomic E-state index is -0.596. The molecule has 2 atom stereocenters. The van der Waals surface area contributed by atoms with Crippen LogP contribution in [0.4, 0.5) is 0 Å². The molecule has 0 saturated carbocycles. The lowest BCUT2D eigenvalue weighted by Crippen LogP contribution is -2.43. The smallest absolute Gasteiger partial charge is 0.254 e. The molecule has 1 aliphatic heterocycles. The zero-order valence-electron chi connectivity index (χ0n) is 15.4. The molecule has 2 N–H and O–H groups in total. The van der Waals surface area contributed by atoms with E-state index in [-0.39, 0.29) is 11.9 Å². The molecule has 1 heterocycles. The first-order chi connectivity index (χ1) is 13.2. The van der Waals surface area contributed by atoms with Gasteiger partial charge in [-0.1, -0.05) is 41.9 Å². The normalized spacial score (nSPS) is 20.1. The van der Waals surface area contributed by atoms with Gasteiger partial charge in [0.2, 0.25) is 0 Å². The van der Waals surface area contributed by atoms with E-state index in [4.69, 9.17) is 21.1 Å². The second-order valence-corrected chi connectivity index (χ2v) is 7.01. The number of amides is 1. The maximum Gasteiger partial charge on any atom is 0.254 e. The van der Waals surface area contributed by atoms with E-state index in [1.807, 2.05) is 48.5 Å². The average molecular weight is 389 g/mol. The number of nitrogens with one attached hydrogen (secondary N) is 2. The number of benzene rings is 2. The Kier molecular flexibility index (Phi) is 7.24. The summed E-state index contributed by atoms with van der Waals surface area (Å²) >= 11 is 5.97. The van der Waals surface area contributed by atoms with Crippen LogP contribution in [-0.2, 0) is 14.3 Å². The Bertz CT molecular complexity index is 751. The first-order valence-electron chi connectivity index (χ1n) is 9.15. The maximum absolute atomic E-state index is 12.7. The zero-order valence-corrected chi connectivity index (χ0v) is 16.2. The fourth-order valence-electron chi connectivity index (χ4n) is 3.13. The van der Waals surface area contributed by atoms with Crippen LogP contribution in [0.3, 0.4) is 0 Å². The third-order valence-corrected chi connectivity index (χ3v) is 4.83. The summed E-state index contributed by atoms with van der Waals surface area (Å²) in [5.74, 6) is -0.0979. The minimum absolute atomic E-state index is 0.0544. The predicted molar refractivity (Wildman–Crippen MR) is 107 cm³/mol. The lowest BCUT2D eigenvalue weighted by atomic mass is 10.0. The summed E-state index contributed by atoms with van der Waals surface area (Å²) in [6, 6.07) is 15.6. The van der Waals surface area contributed by atoms with Gasteiger partial charge in [0.25, 0.3) is 5.91 Å². The fourth-order valence-corrected chi connectivity index (χ4v) is 3.25. The number of rotatable bonds is 7. The molecule has 1 aliphatic rings. The molecule has 0 aliphatic carbocycles. The van der Waals surface area contributed by atoms with E-state index in [2.05, 4.69) is 10.6 Å². The molecule has 0 aromatic heterocycles. The maximum atomic E-state index is 12.7. The summed E-state index contributed by atoms with van der Waals surface area (Å²) in [4.78, 5) is 12.7. The number of carbonyl (C=O) groups is 1. The molecular formula is C21H25ClN2O3. The Morgan fingerprint density at radius 1 is 1.22 bits per heavy atom. The monoisotopic (exact) mass is 388 g/mol. The number of methoxy groups -OCH3 is 1. The van der Waals surface area contributed by atoms with Gasteiger partial charge in [0.1, 0.15) is 0 Å². The average Bonchev–Trinajstić information content (AvgIpc) is 2.87. The van der Waals surface area contributed by atoms with Crippen molar-refractivity contribution in [3.63, 3.8) is 0 Å². The van der Waals surface area contributed by atoms with Crippen molar-refractivity contribution in [2.75, 3.05) is 33.4 Å². The van der Waals surface area contributed by atoms with Gasteiger partial charge < -0.3 is 20.1 Å². The van der Waals surface area contributed by atoms with Crippen LogP contribution in [0.2, 0.25) is 5.02 Å². The van der Waals surface area contributed by atoms with Gasteiger partial charge in [-0.15, -0.1) is 0 Å². The third-order valence-electron chi connectivity index (χ3n) is 4.58. The van der Waals surface area contributed by atoms with Gasteiger partial charge in [-0.2, -0.15) is 0 Å². The van der Waals surface area contributed by atoms with Crippen molar-refractivity contribution in [3.8, 4) is 11.1 Å². The van der Waals surface area contributed by atoms with Crippen molar-refractivity contribution in [3.05, 3.63) is 59.1 Å². The van der Waals surface area contributed by atoms with E-state index in [0.717, 1.165) is 29.7 Å². The Labute approximate surface area is 165 Å². The predicted octanol–water partition coefficient (Wildman–Crippen LogP) is 3.19. The van der Waals surface area contributed by atoms with Crippen LogP contribution in [0.15, 0.2) is 48.5 Å². The number of ether oxygens (including phenoxy) is 2. The van der Waals surface area contributed by atoms with Crippen LogP contribution in [0.1, 0.15) is 18.1 Å². The largest absolute Gasteiger partial charge is 0.383 e. The molecule has 2 aromatic rings. The van der Waals surface area contributed by atoms with Crippen LogP contribution < -0.4 is 10.6 Å². The first kappa shape index (κ1) is 19.8. The fraction of sp³-hybridized carbons (Fsp3) is 0.381. The summed E-state index contributed by atoms with van der Waals surface area (Å²) in [6.45, 7) is 2.65. The van der Waals surface area contributed by atoms with Gasteiger partial charge in [-0.05, 0) is 41.3 Å². The Balaban J connectivity index is 1.68. The van der Waals surface area contributed by atoms with Gasteiger partial charge in [0.15, 0.2) is 6.10 Å². The molecule has 0 bridgehead atoms. The van der Waals surface area contributed by atoms with Crippen molar-refractivity contribution in [2.45, 2.75) is 18.6 Å². The molecule has 0 unspecified atom stereocenters. The molecule has 1 fully saturated rings. The van der Waals surface area contributed by atoms with Gasteiger partial charge in [0, 0.05) is 31.3 Å². The van der Waals surface area contributed by atoms with E-state index in [9.17, 15) is 4.79 Å². The Morgan fingerprint density at radius 2 is 2.04 bits per heavy atom. The third kappa shape index (κ3) is 5.53. The molecule has 1 amide bonds. The van der Waals surface area contributed by atoms with E-state index in [1.165, 1.54) is 0 Å². The lowest BCUT2D eigenvalue weighted by molar-refractivity contribution is -0.131. The standard InChI is InChI=1S/C21H25ClN2O3/c1-26-12-10-23-14-19-9-11-27-20(21(25)24-19)17-4-2-3-16(13-17)15-5-7-18(22)8-6-15/h2-8,13,19-20,23H,9-12,14H2,1H3,(H,24,25)/t19-,20-/m0/s1. The van der Waals surface area contributed by atoms with E-state index >= 15 is 0 Å². The molecule has 2 aromatic carbocycles. The van der Waals surface area contributed by atoms with Gasteiger partial charge in [0.05, 0.1) is 13.2 Å². The molecule has 6 heteroatoms. The van der Waals surface area contributed by atoms with Crippen molar-refractivity contribution < 1.29 is 14.3 Å². The Hall–Kier alpha value is -1.92. The molecule has 3 rings (SSSR count). The summed E-state index contributed by atoms with van der Waals surface area (Å²) in [7, 11) is 1.67. The van der Waals surface area contributed by atoms with E-state index < -0.39 is 6.10 Å². The molecular weight excluding hydrogens is 364 g/mol. The van der Waals surface area contributed by atoms with Gasteiger partial charge in [-0.3, -0.25) is 4.79 Å². The number of hydrogen-bond acceptors (Lipinski definition) is 4. The van der Waals surface area contributed by atoms with E-state index in [0.29, 0.717) is 24.8 Å². The summed E-state index contributed by atoms with van der Waals surface area (Å²) in [6.07, 6.45) is 0.181. The Morgan fingerprint density at radius 3 is 2.81 bits per heavy atom. The van der Waals surface area contributed by atoms with Crippen LogP contribution in [0.25, 0.3) is 11.1 Å². The highest BCUT2D eigenvalue weighted by molar-refractivity contribution is 6.30. The van der Waals surface area contributed by atoms with Gasteiger partial charge >= 0.3 is 0 Å².